The van der Waals surface area contributed by atoms with Crippen molar-refractivity contribution in [1.82, 2.24) is 28.6 Å². The molecule has 5 aromatic rings. The van der Waals surface area contributed by atoms with E-state index in [0.29, 0.717) is 0 Å². The Kier molecular flexibility index (Phi) is 9.05. The zero-order valence-corrected chi connectivity index (χ0v) is 38.4. The van der Waals surface area contributed by atoms with Crippen LogP contribution in [0.4, 0.5) is 0 Å². The van der Waals surface area contributed by atoms with Gasteiger partial charge in [-0.3, -0.25) is 9.89 Å². The molecule has 12 nitrogen and oxygen atoms in total. The van der Waals surface area contributed by atoms with Gasteiger partial charge < -0.3 is 14.9 Å². The first-order chi connectivity index (χ1) is 28.4. The summed E-state index contributed by atoms with van der Waals surface area (Å²) in [6.07, 6.45) is 8.99. The van der Waals surface area contributed by atoms with Crippen LogP contribution < -0.4 is 29.3 Å². The van der Waals surface area contributed by atoms with Gasteiger partial charge in [0.2, 0.25) is 0 Å². The Morgan fingerprint density at radius 3 is 1.78 bits per heavy atom. The van der Waals surface area contributed by atoms with Gasteiger partial charge in [-0.1, -0.05) is 6.08 Å². The van der Waals surface area contributed by atoms with Crippen molar-refractivity contribution < 1.29 is 18.6 Å². The van der Waals surface area contributed by atoms with E-state index in [4.69, 9.17) is 9.98 Å². The highest BCUT2D eigenvalue weighted by Gasteiger charge is 2.44. The van der Waals surface area contributed by atoms with Crippen molar-refractivity contribution in [2.24, 2.45) is 52.3 Å². The lowest BCUT2D eigenvalue weighted by Gasteiger charge is -2.28. The lowest BCUT2D eigenvalue weighted by atomic mass is 9.95. The van der Waals surface area contributed by atoms with Gasteiger partial charge in [0.1, 0.15) is 56.9 Å². The number of allylic oxidation sites excluding steroid dienone is 5. The summed E-state index contributed by atoms with van der Waals surface area (Å²) in [4.78, 5) is 23.2. The normalized spacial score (nSPS) is 24.5. The monoisotopic (exact) mass is 807 g/mol. The zero-order valence-electron chi connectivity index (χ0n) is 38.4. The van der Waals surface area contributed by atoms with Crippen LogP contribution in [0.25, 0.3) is 11.1 Å². The van der Waals surface area contributed by atoms with Crippen molar-refractivity contribution in [2.45, 2.75) is 73.5 Å². The average molecular weight is 807 g/mol. The molecule has 0 fully saturated rings. The number of aliphatic imine (C=N–C) groups is 2. The number of hydrogen-bond acceptors (Lipinski definition) is 3. The summed E-state index contributed by atoms with van der Waals surface area (Å²) in [5.41, 5.74) is 18.2. The highest BCUT2D eigenvalue weighted by molar-refractivity contribution is 6.29. The van der Waals surface area contributed by atoms with E-state index in [1.807, 2.05) is 0 Å². The molecule has 310 valence electrons. The predicted molar refractivity (Wildman–Crippen MR) is 236 cm³/mol. The molecule has 60 heavy (non-hydrogen) atoms. The number of quaternary nitrogens is 1. The van der Waals surface area contributed by atoms with Crippen molar-refractivity contribution in [2.75, 3.05) is 14.1 Å². The van der Waals surface area contributed by atoms with Gasteiger partial charge in [-0.2, -0.15) is 0 Å². The molecule has 0 saturated heterocycles. The fourth-order valence-electron chi connectivity index (χ4n) is 10.4. The van der Waals surface area contributed by atoms with E-state index in [1.54, 1.807) is 0 Å². The minimum Gasteiger partial charge on any atom is -0.357 e. The molecule has 8 bridgehead atoms. The van der Waals surface area contributed by atoms with Crippen molar-refractivity contribution in [3.05, 3.63) is 145 Å². The molecule has 4 aliphatic heterocycles. The Hall–Kier alpha value is -6.01. The Labute approximate surface area is 353 Å². The van der Waals surface area contributed by atoms with E-state index in [0.717, 1.165) is 67.6 Å². The third-order valence-corrected chi connectivity index (χ3v) is 15.1. The van der Waals surface area contributed by atoms with Crippen LogP contribution in [-0.4, -0.2) is 66.3 Å². The van der Waals surface area contributed by atoms with E-state index in [9.17, 15) is 0 Å². The van der Waals surface area contributed by atoms with Crippen molar-refractivity contribution in [3.8, 4) is 0 Å². The van der Waals surface area contributed by atoms with Crippen LogP contribution in [0.1, 0.15) is 82.8 Å². The summed E-state index contributed by atoms with van der Waals surface area (Å²) < 4.78 is 13.9. The number of nitrogens with zero attached hydrogens (tertiary/aromatic N) is 9. The van der Waals surface area contributed by atoms with Crippen LogP contribution in [0.2, 0.25) is 0 Å². The minimum atomic E-state index is -0.170. The van der Waals surface area contributed by atoms with Gasteiger partial charge in [-0.25, -0.2) is 32.4 Å². The number of hydrogen-bond donors (Lipinski definition) is 3. The maximum absolute atomic E-state index is 5.75. The molecule has 5 aromatic heterocycles. The highest BCUT2D eigenvalue weighted by atomic mass is 15.4. The molecule has 4 unspecified atom stereocenters. The molecule has 9 heterocycles. The number of rotatable bonds is 4. The fourth-order valence-corrected chi connectivity index (χ4v) is 10.4. The number of H-pyrrole nitrogens is 2. The lowest BCUT2D eigenvalue weighted by Crippen LogP contribution is -3.11. The molecular formula is C48H62N12+4. The van der Waals surface area contributed by atoms with E-state index < -0.39 is 0 Å². The molecule has 0 aliphatic carbocycles. The van der Waals surface area contributed by atoms with Crippen LogP contribution in [-0.2, 0) is 42.3 Å². The van der Waals surface area contributed by atoms with Gasteiger partial charge in [0.15, 0.2) is 6.17 Å². The van der Waals surface area contributed by atoms with Gasteiger partial charge in [-0.15, -0.1) is 0 Å². The first-order valence-electron chi connectivity index (χ1n) is 21.2. The average Bonchev–Trinajstić information content (AvgIpc) is 4.13. The molecule has 0 radical (unpaired) electrons. The van der Waals surface area contributed by atoms with Crippen molar-refractivity contribution >= 4 is 22.6 Å². The van der Waals surface area contributed by atoms with Crippen LogP contribution in [0.3, 0.4) is 0 Å². The van der Waals surface area contributed by atoms with E-state index in [-0.39, 0.29) is 18.1 Å². The van der Waals surface area contributed by atoms with Gasteiger partial charge in [0.25, 0.3) is 17.5 Å². The predicted octanol–water partition coefficient (Wildman–Crippen LogP) is 1.96. The Bertz CT molecular complexity index is 2930. The molecule has 0 aromatic carbocycles. The maximum atomic E-state index is 5.75. The fraction of sp³-hybridized carbons (Fsp3) is 0.396. The molecule has 0 spiro atoms. The SMILES string of the molecule is CC1=C(C)[NH+](C)C(/C2=C3\C=CC(=N3)/C(c3n(C)c(C)c(C)[n+]3C)=c3/cc/c([nH]3)=C(\c3n(C)c(C)c(C)[n+]3C)c3ccc([nH]3)C(c3n(C)c(C)c(C)[n+]3C)C3C=CC2=N3)N1C. The Morgan fingerprint density at radius 1 is 0.650 bits per heavy atom. The summed E-state index contributed by atoms with van der Waals surface area (Å²) in [6.45, 7) is 17.7. The van der Waals surface area contributed by atoms with Crippen LogP contribution in [0.15, 0.2) is 81.2 Å². The third-order valence-electron chi connectivity index (χ3n) is 15.1. The quantitative estimate of drug-likeness (QED) is 0.239. The lowest BCUT2D eigenvalue weighted by molar-refractivity contribution is -0.862. The maximum Gasteiger partial charge on any atom is 0.293 e. The second-order valence-electron chi connectivity index (χ2n) is 17.6. The second kappa shape index (κ2) is 13.8. The van der Waals surface area contributed by atoms with Gasteiger partial charge in [0.05, 0.1) is 100 Å². The molecule has 3 N–H and O–H groups in total. The van der Waals surface area contributed by atoms with Crippen LogP contribution in [0.5, 0.6) is 0 Å². The van der Waals surface area contributed by atoms with Crippen molar-refractivity contribution in [1.29, 1.82) is 0 Å². The number of imidazole rings is 3. The number of aromatic nitrogens is 8. The number of nitrogens with one attached hydrogen (secondary N) is 3. The van der Waals surface area contributed by atoms with Crippen LogP contribution in [0, 0.1) is 41.5 Å². The molecule has 0 amide bonds. The van der Waals surface area contributed by atoms with Crippen molar-refractivity contribution in [3.63, 3.8) is 0 Å². The van der Waals surface area contributed by atoms with Crippen LogP contribution >= 0.6 is 0 Å². The van der Waals surface area contributed by atoms with E-state index >= 15 is 0 Å². The Morgan fingerprint density at radius 2 is 1.23 bits per heavy atom. The van der Waals surface area contributed by atoms with Gasteiger partial charge in [-0.05, 0) is 49.4 Å². The van der Waals surface area contributed by atoms with E-state index in [1.165, 1.54) is 56.3 Å². The largest absolute Gasteiger partial charge is 0.357 e. The van der Waals surface area contributed by atoms with E-state index in [2.05, 4.69) is 203 Å². The summed E-state index contributed by atoms with van der Waals surface area (Å²) >= 11 is 0. The second-order valence-corrected chi connectivity index (χ2v) is 17.6. The van der Waals surface area contributed by atoms with Gasteiger partial charge >= 0.3 is 0 Å². The Balaban J connectivity index is 1.44. The minimum absolute atomic E-state index is 0.00812. The summed E-state index contributed by atoms with van der Waals surface area (Å²) in [5, 5.41) is 2.02. The highest BCUT2D eigenvalue weighted by Crippen LogP contribution is 2.36. The molecule has 9 rings (SSSR count). The summed E-state index contributed by atoms with van der Waals surface area (Å²) in [5.74, 6) is 3.29. The molecule has 0 saturated carbocycles. The molecule has 4 aliphatic rings. The third kappa shape index (κ3) is 5.42. The number of fused-ring (bicyclic) bond motifs is 6. The topological polar surface area (TPSA) is 90.4 Å². The first-order valence-corrected chi connectivity index (χ1v) is 21.2. The van der Waals surface area contributed by atoms with Gasteiger partial charge in [0, 0.05) is 61.2 Å². The summed E-state index contributed by atoms with van der Waals surface area (Å²) in [6, 6.07) is 8.85. The summed E-state index contributed by atoms with van der Waals surface area (Å²) in [7, 11) is 17.5. The molecule has 12 heteroatoms. The number of aromatic amines is 2. The molecule has 4 atom stereocenters. The number of likely N-dealkylation sites (N-methyl/N-ethyl adjacent to an activating group) is 2. The molecular weight excluding hydrogens is 745 g/mol. The standard InChI is InChI=1S/C48H60N12/c1-25-26(2)54(10)45(53(25)9)41-33-17-19-35(49-33)42(46-55(11)27(3)28(4)56(46)12)37-21-23-39(51-37)44(48-59(15)31(7)32(8)60(48)16)40-24-22-38(52-40)43(36-20-18-34(41)50-36)47-57(13)29(5)30(6)58(47)14/h17-24,33,41,46H,1-16H3,(H,50,52)/q+2/p+2/b42-37+. The first kappa shape index (κ1) is 39.5. The zero-order chi connectivity index (χ0) is 43.0. The smallest absolute Gasteiger partial charge is 0.293 e.